The number of fused-ring (bicyclic) bond motifs is 2. The van der Waals surface area contributed by atoms with Gasteiger partial charge in [0.15, 0.2) is 47.6 Å². The minimum Gasteiger partial charge on any atom is -0.453 e. The van der Waals surface area contributed by atoms with E-state index in [0.29, 0.717) is 8.95 Å². The molecule has 2 aliphatic rings. The maximum Gasteiger partial charge on any atom is 0.490 e. The minimum atomic E-state index is -5.81. The number of phosphoric ester groups is 2. The van der Waals surface area contributed by atoms with Crippen LogP contribution in [0.25, 0.3) is 22.3 Å². The van der Waals surface area contributed by atoms with Gasteiger partial charge in [-0.25, -0.2) is 66.9 Å². The van der Waals surface area contributed by atoms with E-state index in [1.807, 2.05) is 0 Å². The molecule has 6 heterocycles. The van der Waals surface area contributed by atoms with Gasteiger partial charge in [-0.05, 0) is 36.4 Å². The zero-order chi connectivity index (χ0) is 60.7. The number of imidazole rings is 2. The fourth-order valence-electron chi connectivity index (χ4n) is 7.28. The lowest BCUT2D eigenvalue weighted by atomic mass is 10.1. The lowest BCUT2D eigenvalue weighted by molar-refractivity contribution is -0.0558. The van der Waals surface area contributed by atoms with Crippen LogP contribution in [0.3, 0.4) is 0 Å². The number of anilines is 4. The summed E-state index contributed by atoms with van der Waals surface area (Å²) in [5.41, 5.74) is 23.6. The molecule has 40 nitrogen and oxygen atoms in total. The Balaban J connectivity index is 0.000000236. The number of nitrogens with two attached hydrogens (primary N) is 4. The Morgan fingerprint density at radius 1 is 0.537 bits per heavy atom. The van der Waals surface area contributed by atoms with Crippen LogP contribution in [0.1, 0.15) is 33.2 Å². The van der Waals surface area contributed by atoms with E-state index in [4.69, 9.17) is 61.5 Å². The zero-order valence-corrected chi connectivity index (χ0v) is 48.5. The van der Waals surface area contributed by atoms with E-state index in [2.05, 4.69) is 88.1 Å². The van der Waals surface area contributed by atoms with Gasteiger partial charge < -0.3 is 91.2 Å². The molecule has 48 heteroatoms. The van der Waals surface area contributed by atoms with Crippen molar-refractivity contribution in [2.24, 2.45) is 0 Å². The van der Waals surface area contributed by atoms with Crippen LogP contribution < -0.4 is 22.9 Å². The number of halogens is 2. The van der Waals surface area contributed by atoms with Gasteiger partial charge in [-0.1, -0.05) is 31.9 Å². The SMILES string of the molecule is Nc1ccc(Br)cc1C(=O)OC1C(COP(=O)(O)OP(=O)(O)OP(=O)(O)O)OC(n2cnc3c(N)ncnc32)C1O.Nc1ccc(Br)cc1C(=O)OC1C(O)C(COP(=O)(O)OP(=O)(O)OP(=O)(O)O)OC1n1cnc2c(N)ncnc21. The normalized spacial score (nSPS) is 24.1. The highest BCUT2D eigenvalue weighted by atomic mass is 79.9. The molecule has 2 aromatic carbocycles. The van der Waals surface area contributed by atoms with Crippen LogP contribution in [-0.4, -0.2) is 150 Å². The molecule has 0 bridgehead atoms. The third-order valence-corrected chi connectivity index (χ3v) is 19.1. The molecular formula is C34H40Br2N12O28P6. The Bertz CT molecular complexity index is 3710. The monoisotopic (exact) mass is 1410 g/mol. The highest BCUT2D eigenvalue weighted by molar-refractivity contribution is 9.10. The average Bonchev–Trinajstić information content (AvgIpc) is 2.56. The fraction of sp³-hybridized carbons (Fsp3) is 0.294. The first-order valence-electron chi connectivity index (χ1n) is 21.5. The summed E-state index contributed by atoms with van der Waals surface area (Å²) in [4.78, 5) is 123. The van der Waals surface area contributed by atoms with Crippen LogP contribution >= 0.6 is 78.8 Å². The number of aliphatic hydroxyl groups is 2. The van der Waals surface area contributed by atoms with E-state index in [1.165, 1.54) is 46.1 Å². The van der Waals surface area contributed by atoms with Crippen LogP contribution in [0, 0.1) is 0 Å². The maximum absolute atomic E-state index is 13.0. The van der Waals surface area contributed by atoms with Gasteiger partial charge in [-0.15, -0.1) is 0 Å². The third-order valence-electron chi connectivity index (χ3n) is 10.5. The van der Waals surface area contributed by atoms with Gasteiger partial charge in [0.1, 0.15) is 48.1 Å². The van der Waals surface area contributed by atoms with Gasteiger partial charge in [-0.3, -0.25) is 18.2 Å². The number of carbonyl (C=O) groups excluding carboxylic acids is 2. The van der Waals surface area contributed by atoms with E-state index in [1.54, 1.807) is 12.1 Å². The summed E-state index contributed by atoms with van der Waals surface area (Å²) >= 11 is 6.40. The predicted octanol–water partition coefficient (Wildman–Crippen LogP) is 1.16. The lowest BCUT2D eigenvalue weighted by Gasteiger charge is -2.22. The van der Waals surface area contributed by atoms with Crippen LogP contribution in [-0.2, 0) is 72.6 Å². The Morgan fingerprint density at radius 3 is 1.38 bits per heavy atom. The number of nitrogen functional groups attached to an aromatic ring is 4. The molecule has 0 radical (unpaired) electrons. The standard InChI is InChI=1S/2C17H20BrN6O14P3/c18-7-1-2-9(19)8(3-7)17(26)36-13-10(4-34-40(30,31)38-41(32,33)37-39(27,28)29)35-16(12(13)25)24-6-23-11-14(20)21-5-22-15(11)24;18-7-1-2-9(19)8(3-7)17(26)36-13-12(25)10(4-34-40(30,31)38-41(32,33)37-39(27,28)29)35-16(13)24-6-23-11-14(20)21-5-22-15(11)24/h2*1-3,5-6,10,12-13,16,25H,4,19H2,(H,30,31)(H,32,33)(H2,20,21,22)(H2,27,28,29). The van der Waals surface area contributed by atoms with Crippen molar-refractivity contribution in [3.8, 4) is 0 Å². The molecule has 2 saturated heterocycles. The average molecular weight is 1410 g/mol. The molecule has 8 rings (SSSR count). The van der Waals surface area contributed by atoms with Crippen molar-refractivity contribution < 1.29 is 132 Å². The van der Waals surface area contributed by atoms with Crippen LogP contribution in [0.2, 0.25) is 0 Å². The smallest absolute Gasteiger partial charge is 0.453 e. The summed E-state index contributed by atoms with van der Waals surface area (Å²) in [6.45, 7) is -2.09. The van der Waals surface area contributed by atoms with Crippen molar-refractivity contribution in [2.75, 3.05) is 36.1 Å². The largest absolute Gasteiger partial charge is 0.490 e. The number of benzene rings is 2. The number of carbonyl (C=O) groups is 2. The number of aromatic nitrogens is 8. The molecule has 448 valence electrons. The second-order valence-corrected chi connectivity index (χ2v) is 26.9. The van der Waals surface area contributed by atoms with Crippen LogP contribution in [0.5, 0.6) is 0 Å². The highest BCUT2D eigenvalue weighted by Crippen LogP contribution is 2.67. The first kappa shape index (κ1) is 64.9. The predicted molar refractivity (Wildman–Crippen MR) is 274 cm³/mol. The fourth-order valence-corrected chi connectivity index (χ4v) is 14.1. The number of aliphatic hydroxyl groups excluding tert-OH is 2. The molecule has 12 atom stereocenters. The van der Waals surface area contributed by atoms with Gasteiger partial charge in [0.25, 0.3) is 0 Å². The molecule has 4 aromatic heterocycles. The molecule has 0 spiro atoms. The number of hydrogen-bond donors (Lipinski definition) is 14. The third kappa shape index (κ3) is 16.4. The number of phosphoric acid groups is 6. The van der Waals surface area contributed by atoms with Crippen molar-refractivity contribution in [3.63, 3.8) is 0 Å². The molecule has 0 aliphatic carbocycles. The Morgan fingerprint density at radius 2 is 0.939 bits per heavy atom. The lowest BCUT2D eigenvalue weighted by Crippen LogP contribution is -2.38. The number of rotatable bonds is 20. The Labute approximate surface area is 471 Å². The molecule has 6 aromatic rings. The molecule has 2 aliphatic heterocycles. The Kier molecular flexibility index (Phi) is 19.8. The second-order valence-electron chi connectivity index (χ2n) is 16.3. The van der Waals surface area contributed by atoms with Crippen molar-refractivity contribution >= 4 is 136 Å². The quantitative estimate of drug-likeness (QED) is 0.0290. The Hall–Kier alpha value is -4.70. The summed E-state index contributed by atoms with van der Waals surface area (Å²) in [5.74, 6) is -2.04. The van der Waals surface area contributed by atoms with E-state index >= 15 is 0 Å². The van der Waals surface area contributed by atoms with Crippen LogP contribution in [0.4, 0.5) is 23.0 Å². The van der Waals surface area contributed by atoms with Gasteiger partial charge in [0, 0.05) is 20.3 Å². The molecule has 2 fully saturated rings. The number of hydrogen-bond acceptors (Lipinski definition) is 30. The van der Waals surface area contributed by atoms with Crippen molar-refractivity contribution in [3.05, 3.63) is 81.8 Å². The molecule has 18 N–H and O–H groups in total. The molecule has 82 heavy (non-hydrogen) atoms. The van der Waals surface area contributed by atoms with E-state index in [9.17, 15) is 66.8 Å². The molecule has 0 saturated carbocycles. The van der Waals surface area contributed by atoms with E-state index in [0.717, 1.165) is 12.7 Å². The number of ether oxygens (including phenoxy) is 4. The molecular weight excluding hydrogens is 1370 g/mol. The topological polar surface area (TPSA) is 622 Å². The first-order chi connectivity index (χ1) is 37.9. The van der Waals surface area contributed by atoms with Crippen molar-refractivity contribution in [1.29, 1.82) is 0 Å². The summed E-state index contributed by atoms with van der Waals surface area (Å²) in [6.07, 6.45) is -8.11. The summed E-state index contributed by atoms with van der Waals surface area (Å²) in [5, 5.41) is 22.1. The number of esters is 2. The summed E-state index contributed by atoms with van der Waals surface area (Å²) in [6, 6.07) is 8.65. The maximum atomic E-state index is 13.0. The molecule has 0 amide bonds. The van der Waals surface area contributed by atoms with Gasteiger partial charge >= 0.3 is 58.9 Å². The summed E-state index contributed by atoms with van der Waals surface area (Å²) < 4.78 is 119. The van der Waals surface area contributed by atoms with Gasteiger partial charge in [0.05, 0.1) is 37.0 Å². The summed E-state index contributed by atoms with van der Waals surface area (Å²) in [7, 11) is -34.0. The molecule has 12 unspecified atom stereocenters. The highest BCUT2D eigenvalue weighted by Gasteiger charge is 2.52. The number of nitrogens with zero attached hydrogens (tertiary/aromatic N) is 8. The first-order valence-corrected chi connectivity index (χ1v) is 32.2. The van der Waals surface area contributed by atoms with E-state index in [-0.39, 0.29) is 56.5 Å². The van der Waals surface area contributed by atoms with E-state index < -0.39 is 121 Å². The van der Waals surface area contributed by atoms with Gasteiger partial charge in [0.2, 0.25) is 0 Å². The van der Waals surface area contributed by atoms with Crippen molar-refractivity contribution in [2.45, 2.75) is 49.1 Å². The van der Waals surface area contributed by atoms with Crippen LogP contribution in [0.15, 0.2) is 70.7 Å². The second kappa shape index (κ2) is 25.1. The minimum absolute atomic E-state index is 0.00134. The van der Waals surface area contributed by atoms with Crippen molar-refractivity contribution in [1.82, 2.24) is 39.0 Å². The van der Waals surface area contributed by atoms with Gasteiger partial charge in [-0.2, -0.15) is 17.2 Å². The zero-order valence-electron chi connectivity index (χ0n) is 40.0.